The minimum Gasteiger partial charge on any atom is -0.380 e. The maximum atomic E-state index is 11.9. The Morgan fingerprint density at radius 2 is 2.26 bits per heavy atom. The third-order valence-corrected chi connectivity index (χ3v) is 2.75. The molecule has 0 saturated carbocycles. The molecule has 19 heavy (non-hydrogen) atoms. The molecule has 1 unspecified atom stereocenters. The van der Waals surface area contributed by atoms with Gasteiger partial charge in [0.15, 0.2) is 12.0 Å². The first-order chi connectivity index (χ1) is 9.10. The van der Waals surface area contributed by atoms with Gasteiger partial charge >= 0.3 is 0 Å². The van der Waals surface area contributed by atoms with Crippen LogP contribution in [0.25, 0.3) is 0 Å². The molecule has 2 N–H and O–H groups in total. The average Bonchev–Trinajstić information content (AvgIpc) is 2.70. The number of nitrogens with zero attached hydrogens (tertiary/aromatic N) is 1. The van der Waals surface area contributed by atoms with Crippen LogP contribution in [0.2, 0.25) is 0 Å². The van der Waals surface area contributed by atoms with Crippen molar-refractivity contribution in [1.29, 1.82) is 0 Å². The van der Waals surface area contributed by atoms with Crippen LogP contribution in [0.5, 0.6) is 0 Å². The molecule has 1 aromatic carbocycles. The first-order valence-electron chi connectivity index (χ1n) is 6.33. The lowest BCUT2D eigenvalue weighted by atomic mass is 10.0. The van der Waals surface area contributed by atoms with E-state index in [1.165, 1.54) is 0 Å². The van der Waals surface area contributed by atoms with E-state index in [2.05, 4.69) is 15.6 Å². The van der Waals surface area contributed by atoms with E-state index in [0.717, 1.165) is 11.1 Å². The third-order valence-electron chi connectivity index (χ3n) is 2.75. The number of hydrogen-bond donors (Lipinski definition) is 2. The lowest BCUT2D eigenvalue weighted by Crippen LogP contribution is -2.40. The molecule has 1 heterocycles. The SMILES string of the molecule is COCc1cccc(C2N=C(NC(C)C)NC2=O)c1. The molecule has 0 bridgehead atoms. The molecule has 0 spiro atoms. The molecule has 0 saturated heterocycles. The molecule has 5 heteroatoms. The first kappa shape index (κ1) is 13.5. The van der Waals surface area contributed by atoms with Gasteiger partial charge in [-0.05, 0) is 25.0 Å². The van der Waals surface area contributed by atoms with Crippen LogP contribution in [0.1, 0.15) is 31.0 Å². The number of guanidine groups is 1. The number of nitrogens with one attached hydrogen (secondary N) is 2. The summed E-state index contributed by atoms with van der Waals surface area (Å²) in [5.41, 5.74) is 1.92. The zero-order chi connectivity index (χ0) is 13.8. The topological polar surface area (TPSA) is 62.7 Å². The fraction of sp³-hybridized carbons (Fsp3) is 0.429. The highest BCUT2D eigenvalue weighted by Gasteiger charge is 2.28. The van der Waals surface area contributed by atoms with Gasteiger partial charge in [-0.1, -0.05) is 24.3 Å². The van der Waals surface area contributed by atoms with Gasteiger partial charge in [-0.25, -0.2) is 4.99 Å². The van der Waals surface area contributed by atoms with Crippen molar-refractivity contribution in [3.63, 3.8) is 0 Å². The summed E-state index contributed by atoms with van der Waals surface area (Å²) in [6.45, 7) is 4.53. The van der Waals surface area contributed by atoms with Gasteiger partial charge in [0.05, 0.1) is 6.61 Å². The molecular formula is C14H19N3O2. The molecule has 1 atom stereocenters. The summed E-state index contributed by atoms with van der Waals surface area (Å²) >= 11 is 0. The van der Waals surface area contributed by atoms with Crippen LogP contribution in [0.4, 0.5) is 0 Å². The average molecular weight is 261 g/mol. The molecule has 2 rings (SSSR count). The smallest absolute Gasteiger partial charge is 0.256 e. The summed E-state index contributed by atoms with van der Waals surface area (Å²) in [6.07, 6.45) is 0. The normalized spacial score (nSPS) is 18.4. The van der Waals surface area contributed by atoms with Crippen LogP contribution >= 0.6 is 0 Å². The van der Waals surface area contributed by atoms with E-state index in [4.69, 9.17) is 4.74 Å². The van der Waals surface area contributed by atoms with Crippen molar-refractivity contribution < 1.29 is 9.53 Å². The van der Waals surface area contributed by atoms with E-state index in [9.17, 15) is 4.79 Å². The fourth-order valence-corrected chi connectivity index (χ4v) is 2.00. The predicted molar refractivity (Wildman–Crippen MR) is 73.7 cm³/mol. The van der Waals surface area contributed by atoms with E-state index < -0.39 is 6.04 Å². The molecule has 0 aromatic heterocycles. The minimum atomic E-state index is -0.474. The predicted octanol–water partition coefficient (Wildman–Crippen LogP) is 1.36. The van der Waals surface area contributed by atoms with Gasteiger partial charge in [-0.15, -0.1) is 0 Å². The Hall–Kier alpha value is -1.88. The number of carbonyl (C=O) groups is 1. The number of ether oxygens (including phenoxy) is 1. The Labute approximate surface area is 113 Å². The molecule has 0 fully saturated rings. The quantitative estimate of drug-likeness (QED) is 0.860. The summed E-state index contributed by atoms with van der Waals surface area (Å²) in [5.74, 6) is 0.444. The minimum absolute atomic E-state index is 0.0993. The van der Waals surface area contributed by atoms with E-state index in [1.54, 1.807) is 7.11 Å². The van der Waals surface area contributed by atoms with Crippen LogP contribution in [-0.2, 0) is 16.1 Å². The second-order valence-corrected chi connectivity index (χ2v) is 4.85. The number of methoxy groups -OCH3 is 1. The van der Waals surface area contributed by atoms with Crippen molar-refractivity contribution in [3.8, 4) is 0 Å². The largest absolute Gasteiger partial charge is 0.380 e. The van der Waals surface area contributed by atoms with Gasteiger partial charge < -0.3 is 10.1 Å². The van der Waals surface area contributed by atoms with Crippen LogP contribution in [0.3, 0.4) is 0 Å². The summed E-state index contributed by atoms with van der Waals surface area (Å²) in [6, 6.07) is 7.51. The Kier molecular flexibility index (Phi) is 4.16. The van der Waals surface area contributed by atoms with E-state index in [-0.39, 0.29) is 11.9 Å². The van der Waals surface area contributed by atoms with Crippen LogP contribution < -0.4 is 10.6 Å². The standard InChI is InChI=1S/C14H19N3O2/c1-9(2)15-14-16-12(13(18)17-14)11-6-4-5-10(7-11)8-19-3/h4-7,9,12H,8H2,1-3H3,(H2,15,16,17,18). The van der Waals surface area contributed by atoms with Crippen molar-refractivity contribution >= 4 is 11.9 Å². The van der Waals surface area contributed by atoms with Crippen molar-refractivity contribution in [3.05, 3.63) is 35.4 Å². The molecule has 1 amide bonds. The molecule has 0 aliphatic carbocycles. The van der Waals surface area contributed by atoms with Crippen molar-refractivity contribution in [1.82, 2.24) is 10.6 Å². The molecule has 0 radical (unpaired) electrons. The van der Waals surface area contributed by atoms with Gasteiger partial charge in [0.1, 0.15) is 0 Å². The highest BCUT2D eigenvalue weighted by Crippen LogP contribution is 2.22. The Morgan fingerprint density at radius 1 is 1.47 bits per heavy atom. The van der Waals surface area contributed by atoms with Crippen molar-refractivity contribution in [2.75, 3.05) is 7.11 Å². The second kappa shape index (κ2) is 5.84. The third kappa shape index (κ3) is 3.32. The van der Waals surface area contributed by atoms with Gasteiger partial charge in [0.2, 0.25) is 0 Å². The van der Waals surface area contributed by atoms with Gasteiger partial charge in [-0.3, -0.25) is 10.1 Å². The molecule has 1 aromatic rings. The van der Waals surface area contributed by atoms with E-state index in [1.807, 2.05) is 38.1 Å². The highest BCUT2D eigenvalue weighted by molar-refractivity contribution is 6.05. The van der Waals surface area contributed by atoms with E-state index in [0.29, 0.717) is 12.6 Å². The summed E-state index contributed by atoms with van der Waals surface area (Å²) < 4.78 is 5.10. The maximum absolute atomic E-state index is 11.9. The number of rotatable bonds is 4. The summed E-state index contributed by atoms with van der Waals surface area (Å²) in [4.78, 5) is 16.3. The number of amides is 1. The Morgan fingerprint density at radius 3 is 2.95 bits per heavy atom. The summed E-state index contributed by atoms with van der Waals surface area (Å²) in [7, 11) is 1.65. The lowest BCUT2D eigenvalue weighted by Gasteiger charge is -2.07. The molecule has 1 aliphatic rings. The maximum Gasteiger partial charge on any atom is 0.256 e. The van der Waals surface area contributed by atoms with Crippen molar-refractivity contribution in [2.24, 2.45) is 4.99 Å². The monoisotopic (exact) mass is 261 g/mol. The molecular weight excluding hydrogens is 242 g/mol. The number of carbonyl (C=O) groups excluding carboxylic acids is 1. The van der Waals surface area contributed by atoms with Gasteiger partial charge in [0, 0.05) is 13.2 Å². The second-order valence-electron chi connectivity index (χ2n) is 4.85. The van der Waals surface area contributed by atoms with Crippen LogP contribution in [-0.4, -0.2) is 25.0 Å². The first-order valence-corrected chi connectivity index (χ1v) is 6.33. The van der Waals surface area contributed by atoms with Crippen LogP contribution in [0, 0.1) is 0 Å². The molecule has 1 aliphatic heterocycles. The Balaban J connectivity index is 2.19. The number of hydrogen-bond acceptors (Lipinski definition) is 4. The highest BCUT2D eigenvalue weighted by atomic mass is 16.5. The van der Waals surface area contributed by atoms with Crippen LogP contribution in [0.15, 0.2) is 29.3 Å². The van der Waals surface area contributed by atoms with Gasteiger partial charge in [0.25, 0.3) is 5.91 Å². The lowest BCUT2D eigenvalue weighted by molar-refractivity contribution is -0.120. The zero-order valence-corrected chi connectivity index (χ0v) is 11.4. The summed E-state index contributed by atoms with van der Waals surface area (Å²) in [5, 5.41) is 5.86. The fourth-order valence-electron chi connectivity index (χ4n) is 2.00. The Bertz CT molecular complexity index is 497. The number of aliphatic imine (C=N–C) groups is 1. The van der Waals surface area contributed by atoms with E-state index >= 15 is 0 Å². The molecule has 102 valence electrons. The van der Waals surface area contributed by atoms with Gasteiger partial charge in [-0.2, -0.15) is 0 Å². The zero-order valence-electron chi connectivity index (χ0n) is 11.4. The van der Waals surface area contributed by atoms with Crippen molar-refractivity contribution in [2.45, 2.75) is 32.5 Å². The molecule has 5 nitrogen and oxygen atoms in total. The number of benzene rings is 1.